The molecule has 1 aromatic rings. The molecule has 1 atom stereocenters. The van der Waals surface area contributed by atoms with Crippen molar-refractivity contribution in [3.8, 4) is 0 Å². The zero-order valence-electron chi connectivity index (χ0n) is 7.29. The lowest BCUT2D eigenvalue weighted by Crippen LogP contribution is -2.27. The topological polar surface area (TPSA) is 26.0 Å². The standard InChI is InChI=1S/C10H12BrN.ClH/c11-9-3-1-8-6-10(12)4-2-7(8)5-9;/h1,3,5,10H,2,4,6,12H2;1H/t10-;/m0./s1. The molecule has 1 aromatic carbocycles. The molecule has 72 valence electrons. The maximum Gasteiger partial charge on any atom is 0.0178 e. The first-order chi connectivity index (χ1) is 5.75. The van der Waals surface area contributed by atoms with E-state index < -0.39 is 0 Å². The van der Waals surface area contributed by atoms with Gasteiger partial charge in [-0.25, -0.2) is 0 Å². The highest BCUT2D eigenvalue weighted by Gasteiger charge is 2.14. The lowest BCUT2D eigenvalue weighted by molar-refractivity contribution is 0.576. The molecule has 0 fully saturated rings. The van der Waals surface area contributed by atoms with Crippen LogP contribution in [0.15, 0.2) is 22.7 Å². The first-order valence-electron chi connectivity index (χ1n) is 4.28. The predicted molar refractivity (Wildman–Crippen MR) is 61.4 cm³/mol. The number of aryl methyl sites for hydroxylation is 1. The van der Waals surface area contributed by atoms with Crippen LogP contribution in [0.3, 0.4) is 0 Å². The van der Waals surface area contributed by atoms with Crippen LogP contribution in [0, 0.1) is 0 Å². The third kappa shape index (κ3) is 2.46. The Morgan fingerprint density at radius 2 is 2.08 bits per heavy atom. The zero-order chi connectivity index (χ0) is 8.55. The molecule has 2 rings (SSSR count). The minimum atomic E-state index is 0. The molecular weight excluding hydrogens is 249 g/mol. The summed E-state index contributed by atoms with van der Waals surface area (Å²) in [5.41, 5.74) is 8.77. The molecule has 13 heavy (non-hydrogen) atoms. The van der Waals surface area contributed by atoms with E-state index in [9.17, 15) is 0 Å². The van der Waals surface area contributed by atoms with Crippen molar-refractivity contribution in [2.75, 3.05) is 0 Å². The average Bonchev–Trinajstić information content (AvgIpc) is 2.05. The average molecular weight is 263 g/mol. The summed E-state index contributed by atoms with van der Waals surface area (Å²) in [6, 6.07) is 6.86. The van der Waals surface area contributed by atoms with Gasteiger partial charge in [-0.3, -0.25) is 0 Å². The Bertz CT molecular complexity index is 301. The second-order valence-corrected chi connectivity index (χ2v) is 4.33. The van der Waals surface area contributed by atoms with Gasteiger partial charge in [0, 0.05) is 10.5 Å². The van der Waals surface area contributed by atoms with Crippen LogP contribution in [0.1, 0.15) is 17.5 Å². The molecule has 3 heteroatoms. The molecule has 0 heterocycles. The summed E-state index contributed by atoms with van der Waals surface area (Å²) in [5.74, 6) is 0. The fraction of sp³-hybridized carbons (Fsp3) is 0.400. The van der Waals surface area contributed by atoms with E-state index in [2.05, 4.69) is 34.1 Å². The van der Waals surface area contributed by atoms with Crippen LogP contribution in [0.25, 0.3) is 0 Å². The molecular formula is C10H13BrClN. The summed E-state index contributed by atoms with van der Waals surface area (Å²) in [7, 11) is 0. The summed E-state index contributed by atoms with van der Waals surface area (Å²) >= 11 is 3.47. The Hall–Kier alpha value is -0.0500. The Morgan fingerprint density at radius 3 is 2.85 bits per heavy atom. The van der Waals surface area contributed by atoms with Gasteiger partial charge >= 0.3 is 0 Å². The maximum absolute atomic E-state index is 5.88. The minimum absolute atomic E-state index is 0. The molecule has 0 amide bonds. The van der Waals surface area contributed by atoms with Crippen molar-refractivity contribution in [1.29, 1.82) is 0 Å². The molecule has 1 nitrogen and oxygen atoms in total. The van der Waals surface area contributed by atoms with Gasteiger partial charge in [-0.1, -0.05) is 22.0 Å². The van der Waals surface area contributed by atoms with Crippen molar-refractivity contribution < 1.29 is 0 Å². The van der Waals surface area contributed by atoms with Crippen LogP contribution in [0.2, 0.25) is 0 Å². The molecule has 0 radical (unpaired) electrons. The molecule has 0 saturated carbocycles. The SMILES string of the molecule is Cl.N[C@H]1CCc2cc(Br)ccc2C1. The predicted octanol–water partition coefficient (Wildman–Crippen LogP) is 2.69. The first kappa shape index (κ1) is 11.0. The molecule has 0 saturated heterocycles. The Labute approximate surface area is 93.2 Å². The Morgan fingerprint density at radius 1 is 1.31 bits per heavy atom. The monoisotopic (exact) mass is 261 g/mol. The van der Waals surface area contributed by atoms with Crippen molar-refractivity contribution in [3.63, 3.8) is 0 Å². The lowest BCUT2D eigenvalue weighted by Gasteiger charge is -2.21. The summed E-state index contributed by atoms with van der Waals surface area (Å²) in [6.45, 7) is 0. The highest BCUT2D eigenvalue weighted by atomic mass is 79.9. The van der Waals surface area contributed by atoms with Crippen molar-refractivity contribution in [3.05, 3.63) is 33.8 Å². The third-order valence-corrected chi connectivity index (χ3v) is 2.93. The van der Waals surface area contributed by atoms with Crippen LogP contribution in [-0.2, 0) is 12.8 Å². The van der Waals surface area contributed by atoms with Gasteiger partial charge in [0.1, 0.15) is 0 Å². The zero-order valence-corrected chi connectivity index (χ0v) is 9.70. The van der Waals surface area contributed by atoms with E-state index in [0.717, 1.165) is 19.3 Å². The molecule has 0 spiro atoms. The number of fused-ring (bicyclic) bond motifs is 1. The van der Waals surface area contributed by atoms with Crippen LogP contribution in [0.4, 0.5) is 0 Å². The molecule has 2 N–H and O–H groups in total. The largest absolute Gasteiger partial charge is 0.327 e. The van der Waals surface area contributed by atoms with E-state index in [1.54, 1.807) is 0 Å². The van der Waals surface area contributed by atoms with Gasteiger partial charge in [-0.2, -0.15) is 0 Å². The van der Waals surface area contributed by atoms with Crippen LogP contribution >= 0.6 is 28.3 Å². The summed E-state index contributed by atoms with van der Waals surface area (Å²) in [5, 5.41) is 0. The molecule has 1 aliphatic carbocycles. The van der Waals surface area contributed by atoms with E-state index >= 15 is 0 Å². The first-order valence-corrected chi connectivity index (χ1v) is 5.08. The lowest BCUT2D eigenvalue weighted by atomic mass is 9.89. The fourth-order valence-electron chi connectivity index (χ4n) is 1.75. The number of nitrogens with two attached hydrogens (primary N) is 1. The Kier molecular flexibility index (Phi) is 3.77. The van der Waals surface area contributed by atoms with Gasteiger partial charge in [0.25, 0.3) is 0 Å². The van der Waals surface area contributed by atoms with E-state index in [0.29, 0.717) is 6.04 Å². The van der Waals surface area contributed by atoms with E-state index in [-0.39, 0.29) is 12.4 Å². The number of hydrogen-bond acceptors (Lipinski definition) is 1. The van der Waals surface area contributed by atoms with E-state index in [1.807, 2.05) is 0 Å². The normalized spacial score (nSPS) is 20.3. The fourth-order valence-corrected chi connectivity index (χ4v) is 2.16. The second kappa shape index (κ2) is 4.45. The Balaban J connectivity index is 0.000000845. The summed E-state index contributed by atoms with van der Waals surface area (Å²) in [6.07, 6.45) is 3.31. The van der Waals surface area contributed by atoms with Crippen molar-refractivity contribution in [2.45, 2.75) is 25.3 Å². The smallest absolute Gasteiger partial charge is 0.0178 e. The van der Waals surface area contributed by atoms with Gasteiger partial charge in [-0.15, -0.1) is 12.4 Å². The number of benzene rings is 1. The number of halogens is 2. The van der Waals surface area contributed by atoms with Crippen molar-refractivity contribution in [2.24, 2.45) is 5.73 Å². The van der Waals surface area contributed by atoms with Crippen molar-refractivity contribution in [1.82, 2.24) is 0 Å². The quantitative estimate of drug-likeness (QED) is 0.764. The van der Waals surface area contributed by atoms with Gasteiger partial charge in [-0.05, 0) is 42.5 Å². The third-order valence-electron chi connectivity index (χ3n) is 2.43. The van der Waals surface area contributed by atoms with Crippen LogP contribution in [0.5, 0.6) is 0 Å². The summed E-state index contributed by atoms with van der Waals surface area (Å²) in [4.78, 5) is 0. The minimum Gasteiger partial charge on any atom is -0.327 e. The van der Waals surface area contributed by atoms with E-state index in [4.69, 9.17) is 5.73 Å². The van der Waals surface area contributed by atoms with Crippen molar-refractivity contribution >= 4 is 28.3 Å². The number of hydrogen-bond donors (Lipinski definition) is 1. The molecule has 0 bridgehead atoms. The molecule has 1 aliphatic rings. The molecule has 0 aromatic heterocycles. The molecule has 0 aliphatic heterocycles. The van der Waals surface area contributed by atoms with Gasteiger partial charge < -0.3 is 5.73 Å². The second-order valence-electron chi connectivity index (χ2n) is 3.42. The van der Waals surface area contributed by atoms with Crippen LogP contribution in [-0.4, -0.2) is 6.04 Å². The van der Waals surface area contributed by atoms with Gasteiger partial charge in [0.2, 0.25) is 0 Å². The summed E-state index contributed by atoms with van der Waals surface area (Å²) < 4.78 is 1.18. The van der Waals surface area contributed by atoms with Crippen LogP contribution < -0.4 is 5.73 Å². The maximum atomic E-state index is 5.88. The number of rotatable bonds is 0. The van der Waals surface area contributed by atoms with Gasteiger partial charge in [0.05, 0.1) is 0 Å². The van der Waals surface area contributed by atoms with E-state index in [1.165, 1.54) is 15.6 Å². The van der Waals surface area contributed by atoms with Gasteiger partial charge in [0.15, 0.2) is 0 Å². The highest BCUT2D eigenvalue weighted by molar-refractivity contribution is 9.10. The highest BCUT2D eigenvalue weighted by Crippen LogP contribution is 2.23. The molecule has 0 unspecified atom stereocenters.